The Hall–Kier alpha value is -3.29. The lowest BCUT2D eigenvalue weighted by Gasteiger charge is -2.13. The zero-order chi connectivity index (χ0) is 20.4. The molecule has 3 aromatic rings. The maximum atomic E-state index is 12.3. The average Bonchev–Trinajstić information content (AvgIpc) is 3.32. The van der Waals surface area contributed by atoms with Crippen molar-refractivity contribution in [2.75, 3.05) is 6.54 Å². The second kappa shape index (κ2) is 7.98. The monoisotopic (exact) mass is 406 g/mol. The number of carbonyl (C=O) groups is 3. The fourth-order valence-electron chi connectivity index (χ4n) is 3.20. The number of rotatable bonds is 6. The van der Waals surface area contributed by atoms with Gasteiger partial charge in [0.1, 0.15) is 12.6 Å². The number of aliphatic hydroxyl groups excluding tert-OH is 1. The topological polar surface area (TPSA) is 86.7 Å². The Morgan fingerprint density at radius 2 is 1.55 bits per heavy atom. The van der Waals surface area contributed by atoms with Gasteiger partial charge in [-0.05, 0) is 29.8 Å². The van der Waals surface area contributed by atoms with Crippen molar-refractivity contribution in [3.05, 3.63) is 93.2 Å². The van der Waals surface area contributed by atoms with Crippen molar-refractivity contribution < 1.29 is 19.5 Å². The van der Waals surface area contributed by atoms with Gasteiger partial charge in [-0.15, -0.1) is 11.3 Å². The molecule has 6 nitrogen and oxygen atoms in total. The molecular formula is C22H18N2O4S. The summed E-state index contributed by atoms with van der Waals surface area (Å²) < 4.78 is 0. The third-order valence-electron chi connectivity index (χ3n) is 4.71. The number of hydrogen-bond donors (Lipinski definition) is 2. The van der Waals surface area contributed by atoms with Crippen molar-refractivity contribution in [1.82, 2.24) is 10.2 Å². The van der Waals surface area contributed by atoms with Crippen LogP contribution in [-0.4, -0.2) is 34.3 Å². The number of imide groups is 1. The quantitative estimate of drug-likeness (QED) is 0.617. The molecule has 1 unspecified atom stereocenters. The summed E-state index contributed by atoms with van der Waals surface area (Å²) >= 11 is 1.40. The highest BCUT2D eigenvalue weighted by Gasteiger charge is 2.36. The van der Waals surface area contributed by atoms with E-state index in [9.17, 15) is 19.5 Å². The molecule has 1 aromatic heterocycles. The van der Waals surface area contributed by atoms with Crippen LogP contribution < -0.4 is 5.32 Å². The lowest BCUT2D eigenvalue weighted by atomic mass is 10.1. The molecule has 0 radical (unpaired) electrons. The van der Waals surface area contributed by atoms with Crippen LogP contribution in [0.1, 0.15) is 42.1 Å². The second-order valence-electron chi connectivity index (χ2n) is 6.64. The van der Waals surface area contributed by atoms with Gasteiger partial charge in [0.2, 0.25) is 5.91 Å². The minimum atomic E-state index is -0.719. The Morgan fingerprint density at radius 1 is 0.931 bits per heavy atom. The molecule has 2 aromatic carbocycles. The van der Waals surface area contributed by atoms with Gasteiger partial charge in [-0.25, -0.2) is 0 Å². The van der Waals surface area contributed by atoms with E-state index in [1.54, 1.807) is 24.3 Å². The fourth-order valence-corrected chi connectivity index (χ4v) is 4.17. The van der Waals surface area contributed by atoms with E-state index in [0.29, 0.717) is 11.1 Å². The van der Waals surface area contributed by atoms with Crippen LogP contribution in [0.15, 0.2) is 66.7 Å². The summed E-state index contributed by atoms with van der Waals surface area (Å²) in [6, 6.07) is 19.5. The Labute approximate surface area is 171 Å². The molecule has 0 bridgehead atoms. The van der Waals surface area contributed by atoms with Crippen LogP contribution in [0.4, 0.5) is 0 Å². The molecule has 0 saturated heterocycles. The van der Waals surface area contributed by atoms with Gasteiger partial charge in [0.05, 0.1) is 17.7 Å². The molecule has 4 rings (SSSR count). The lowest BCUT2D eigenvalue weighted by molar-refractivity contribution is -0.121. The van der Waals surface area contributed by atoms with E-state index in [1.165, 1.54) is 11.3 Å². The van der Waals surface area contributed by atoms with Gasteiger partial charge in [-0.2, -0.15) is 0 Å². The number of aliphatic hydroxyl groups is 1. The smallest absolute Gasteiger partial charge is 0.262 e. The molecule has 1 atom stereocenters. The molecule has 7 heteroatoms. The molecule has 3 amide bonds. The fraction of sp³-hybridized carbons (Fsp3) is 0.136. The standard InChI is InChI=1S/C22H18N2O4S/c25-19(13-24-21(27)16-8-4-5-9-17(16)22(24)28)23-12-15-10-11-18(29-15)20(26)14-6-2-1-3-7-14/h1-11,20,26H,12-13H2,(H,23,25). The SMILES string of the molecule is O=C(CN1C(=O)c2ccccc2C1=O)NCc1ccc(C(O)c2ccccc2)s1. The first-order valence-electron chi connectivity index (χ1n) is 9.08. The molecule has 1 aliphatic heterocycles. The number of hydrogen-bond acceptors (Lipinski definition) is 5. The Morgan fingerprint density at radius 3 is 2.21 bits per heavy atom. The number of benzene rings is 2. The molecule has 29 heavy (non-hydrogen) atoms. The van der Waals surface area contributed by atoms with Crippen molar-refractivity contribution in [1.29, 1.82) is 0 Å². The molecule has 0 saturated carbocycles. The lowest BCUT2D eigenvalue weighted by Crippen LogP contribution is -2.40. The number of nitrogens with one attached hydrogen (secondary N) is 1. The summed E-state index contributed by atoms with van der Waals surface area (Å²) in [7, 11) is 0. The van der Waals surface area contributed by atoms with E-state index >= 15 is 0 Å². The summed E-state index contributed by atoms with van der Waals surface area (Å²) in [5.41, 5.74) is 1.45. The zero-order valence-electron chi connectivity index (χ0n) is 15.4. The maximum Gasteiger partial charge on any atom is 0.262 e. The van der Waals surface area contributed by atoms with Crippen molar-refractivity contribution in [3.63, 3.8) is 0 Å². The Balaban J connectivity index is 1.35. The molecular weight excluding hydrogens is 388 g/mol. The van der Waals surface area contributed by atoms with Gasteiger partial charge in [0, 0.05) is 9.75 Å². The van der Waals surface area contributed by atoms with Gasteiger partial charge in [0.25, 0.3) is 11.8 Å². The first kappa shape index (κ1) is 19.0. The molecule has 0 aliphatic carbocycles. The maximum absolute atomic E-state index is 12.3. The zero-order valence-corrected chi connectivity index (χ0v) is 16.2. The van der Waals surface area contributed by atoms with Crippen LogP contribution in [-0.2, 0) is 11.3 Å². The van der Waals surface area contributed by atoms with Gasteiger partial charge in [-0.1, -0.05) is 42.5 Å². The molecule has 0 spiro atoms. The average molecular weight is 406 g/mol. The Kier molecular flexibility index (Phi) is 5.24. The van der Waals surface area contributed by atoms with Crippen LogP contribution >= 0.6 is 11.3 Å². The van der Waals surface area contributed by atoms with Gasteiger partial charge in [-0.3, -0.25) is 19.3 Å². The van der Waals surface area contributed by atoms with Crippen LogP contribution in [0.5, 0.6) is 0 Å². The first-order chi connectivity index (χ1) is 14.0. The predicted molar refractivity (Wildman–Crippen MR) is 108 cm³/mol. The molecule has 0 fully saturated rings. The minimum Gasteiger partial charge on any atom is -0.383 e. The number of fused-ring (bicyclic) bond motifs is 1. The summed E-state index contributed by atoms with van der Waals surface area (Å²) in [5.74, 6) is -1.33. The highest BCUT2D eigenvalue weighted by atomic mass is 32.1. The minimum absolute atomic E-state index is 0.258. The second-order valence-corrected chi connectivity index (χ2v) is 7.84. The van der Waals surface area contributed by atoms with Crippen LogP contribution in [0.3, 0.4) is 0 Å². The van der Waals surface area contributed by atoms with E-state index in [1.807, 2.05) is 42.5 Å². The molecule has 146 valence electrons. The highest BCUT2D eigenvalue weighted by Crippen LogP contribution is 2.28. The van der Waals surface area contributed by atoms with E-state index in [0.717, 1.165) is 20.2 Å². The van der Waals surface area contributed by atoms with Gasteiger partial charge < -0.3 is 10.4 Å². The number of amides is 3. The predicted octanol–water partition coefficient (Wildman–Crippen LogP) is 2.74. The van der Waals surface area contributed by atoms with Crippen LogP contribution in [0.2, 0.25) is 0 Å². The van der Waals surface area contributed by atoms with E-state index in [4.69, 9.17) is 0 Å². The van der Waals surface area contributed by atoms with Crippen LogP contribution in [0.25, 0.3) is 0 Å². The molecule has 2 heterocycles. The van der Waals surface area contributed by atoms with E-state index in [2.05, 4.69) is 5.32 Å². The van der Waals surface area contributed by atoms with Crippen molar-refractivity contribution in [3.8, 4) is 0 Å². The third-order valence-corrected chi connectivity index (χ3v) is 5.84. The molecule has 1 aliphatic rings. The van der Waals surface area contributed by atoms with Crippen LogP contribution in [0, 0.1) is 0 Å². The van der Waals surface area contributed by atoms with Gasteiger partial charge in [0.15, 0.2) is 0 Å². The summed E-state index contributed by atoms with van der Waals surface area (Å²) in [6.45, 7) is -0.0641. The Bertz CT molecular complexity index is 1040. The summed E-state index contributed by atoms with van der Waals surface area (Å²) in [4.78, 5) is 39.5. The largest absolute Gasteiger partial charge is 0.383 e. The summed E-state index contributed by atoms with van der Waals surface area (Å²) in [6.07, 6.45) is -0.719. The number of thiophene rings is 1. The molecule has 2 N–H and O–H groups in total. The van der Waals surface area contributed by atoms with Crippen molar-refractivity contribution in [2.45, 2.75) is 12.6 Å². The van der Waals surface area contributed by atoms with Crippen molar-refractivity contribution in [2.24, 2.45) is 0 Å². The van der Waals surface area contributed by atoms with Crippen molar-refractivity contribution >= 4 is 29.1 Å². The normalized spacial score (nSPS) is 14.0. The highest BCUT2D eigenvalue weighted by molar-refractivity contribution is 7.12. The number of carbonyl (C=O) groups excluding carboxylic acids is 3. The third kappa shape index (κ3) is 3.83. The number of nitrogens with zero attached hydrogens (tertiary/aromatic N) is 1. The van der Waals surface area contributed by atoms with Gasteiger partial charge >= 0.3 is 0 Å². The summed E-state index contributed by atoms with van der Waals surface area (Å²) in [5, 5.41) is 13.2. The van der Waals surface area contributed by atoms with E-state index in [-0.39, 0.29) is 13.1 Å². The first-order valence-corrected chi connectivity index (χ1v) is 9.90. The van der Waals surface area contributed by atoms with E-state index < -0.39 is 23.8 Å².